The van der Waals surface area contributed by atoms with Crippen molar-refractivity contribution in [2.24, 2.45) is 0 Å². The lowest BCUT2D eigenvalue weighted by molar-refractivity contribution is 0.0789. The molecule has 0 saturated carbocycles. The van der Waals surface area contributed by atoms with Crippen LogP contribution in [0.2, 0.25) is 0 Å². The lowest BCUT2D eigenvalue weighted by Gasteiger charge is -2.23. The molecular formula is C20H28FN3O. The lowest BCUT2D eigenvalue weighted by atomic mass is 10.1. The van der Waals surface area contributed by atoms with Gasteiger partial charge in [0.25, 0.3) is 5.91 Å². The van der Waals surface area contributed by atoms with Crippen molar-refractivity contribution in [3.8, 4) is 0 Å². The number of halogens is 1. The van der Waals surface area contributed by atoms with Gasteiger partial charge < -0.3 is 4.90 Å². The number of nitrogens with zero attached hydrogens (tertiary/aromatic N) is 3. The molecule has 5 heteroatoms. The molecule has 2 rings (SSSR count). The molecule has 0 aliphatic rings. The molecule has 0 saturated heterocycles. The monoisotopic (exact) mass is 345 g/mol. The molecule has 0 unspecified atom stereocenters. The molecule has 1 amide bonds. The second kappa shape index (κ2) is 7.38. The Labute approximate surface area is 149 Å². The fourth-order valence-corrected chi connectivity index (χ4v) is 2.69. The molecule has 0 atom stereocenters. The van der Waals surface area contributed by atoms with Crippen molar-refractivity contribution in [1.82, 2.24) is 14.7 Å². The van der Waals surface area contributed by atoms with Crippen LogP contribution in [0.3, 0.4) is 0 Å². The van der Waals surface area contributed by atoms with E-state index in [4.69, 9.17) is 0 Å². The number of hydrogen-bond donors (Lipinski definition) is 0. The van der Waals surface area contributed by atoms with Crippen molar-refractivity contribution in [3.63, 3.8) is 0 Å². The largest absolute Gasteiger partial charge is 0.340 e. The van der Waals surface area contributed by atoms with Gasteiger partial charge in [-0.25, -0.2) is 4.39 Å². The van der Waals surface area contributed by atoms with Crippen molar-refractivity contribution in [2.75, 3.05) is 13.6 Å². The van der Waals surface area contributed by atoms with Crippen molar-refractivity contribution < 1.29 is 9.18 Å². The Kier molecular flexibility index (Phi) is 5.65. The molecule has 136 valence electrons. The fraction of sp³-hybridized carbons (Fsp3) is 0.500. The van der Waals surface area contributed by atoms with Gasteiger partial charge in [-0.2, -0.15) is 5.10 Å². The zero-order chi connectivity index (χ0) is 18.8. The Bertz CT molecular complexity index is 726. The minimum Gasteiger partial charge on any atom is -0.340 e. The zero-order valence-corrected chi connectivity index (χ0v) is 16.0. The van der Waals surface area contributed by atoms with E-state index in [1.165, 1.54) is 12.1 Å². The maximum Gasteiger partial charge on any atom is 0.274 e. The predicted molar refractivity (Wildman–Crippen MR) is 98.4 cm³/mol. The smallest absolute Gasteiger partial charge is 0.274 e. The van der Waals surface area contributed by atoms with Crippen LogP contribution in [-0.2, 0) is 12.0 Å². The van der Waals surface area contributed by atoms with E-state index in [-0.39, 0.29) is 23.2 Å². The van der Waals surface area contributed by atoms with E-state index in [1.54, 1.807) is 24.1 Å². The first-order valence-electron chi connectivity index (χ1n) is 8.70. The van der Waals surface area contributed by atoms with Gasteiger partial charge in [0.05, 0.1) is 5.54 Å². The Morgan fingerprint density at radius 3 is 2.32 bits per heavy atom. The van der Waals surface area contributed by atoms with Crippen LogP contribution in [0.4, 0.5) is 4.39 Å². The summed E-state index contributed by atoms with van der Waals surface area (Å²) in [7, 11) is 1.77. The van der Waals surface area contributed by atoms with E-state index in [1.807, 2.05) is 10.7 Å². The van der Waals surface area contributed by atoms with Crippen molar-refractivity contribution >= 4 is 5.91 Å². The topological polar surface area (TPSA) is 38.1 Å². The Hall–Kier alpha value is -2.17. The van der Waals surface area contributed by atoms with Crippen LogP contribution < -0.4 is 0 Å². The normalized spacial score (nSPS) is 11.8. The molecule has 1 heterocycles. The lowest BCUT2D eigenvalue weighted by Crippen LogP contribution is -2.30. The molecular weight excluding hydrogens is 317 g/mol. The number of likely N-dealkylation sites (N-methyl/N-ethyl adjacent to an activating group) is 1. The van der Waals surface area contributed by atoms with Gasteiger partial charge in [-0.05, 0) is 56.9 Å². The zero-order valence-electron chi connectivity index (χ0n) is 16.0. The number of carbonyl (C=O) groups is 1. The predicted octanol–water partition coefficient (Wildman–Crippen LogP) is 4.22. The highest BCUT2D eigenvalue weighted by Crippen LogP contribution is 2.24. The van der Waals surface area contributed by atoms with Crippen molar-refractivity contribution in [3.05, 3.63) is 53.1 Å². The van der Waals surface area contributed by atoms with Crippen molar-refractivity contribution in [2.45, 2.75) is 52.5 Å². The highest BCUT2D eigenvalue weighted by Gasteiger charge is 2.24. The first-order valence-corrected chi connectivity index (χ1v) is 8.70. The molecule has 1 aromatic carbocycles. The van der Waals surface area contributed by atoms with Crippen LogP contribution >= 0.6 is 0 Å². The Morgan fingerprint density at radius 2 is 1.84 bits per heavy atom. The second-order valence-corrected chi connectivity index (χ2v) is 7.79. The number of amides is 1. The number of hydrogen-bond acceptors (Lipinski definition) is 2. The van der Waals surface area contributed by atoms with Crippen LogP contribution in [0.25, 0.3) is 0 Å². The van der Waals surface area contributed by atoms with E-state index in [0.29, 0.717) is 18.7 Å². The summed E-state index contributed by atoms with van der Waals surface area (Å²) >= 11 is 0. The molecule has 0 N–H and O–H groups in total. The third-order valence-electron chi connectivity index (χ3n) is 4.18. The van der Waals surface area contributed by atoms with Gasteiger partial charge in [0.2, 0.25) is 0 Å². The molecule has 0 radical (unpaired) electrons. The van der Waals surface area contributed by atoms with Crippen molar-refractivity contribution in [1.29, 1.82) is 0 Å². The third kappa shape index (κ3) is 4.68. The molecule has 2 aromatic rings. The van der Waals surface area contributed by atoms with Crippen LogP contribution in [0.5, 0.6) is 0 Å². The van der Waals surface area contributed by atoms with Crippen LogP contribution in [0.15, 0.2) is 30.3 Å². The summed E-state index contributed by atoms with van der Waals surface area (Å²) in [6.45, 7) is 11.0. The fourth-order valence-electron chi connectivity index (χ4n) is 2.69. The van der Waals surface area contributed by atoms with Gasteiger partial charge in [-0.15, -0.1) is 0 Å². The van der Waals surface area contributed by atoms with E-state index in [2.05, 4.69) is 39.7 Å². The van der Waals surface area contributed by atoms with Gasteiger partial charge in [-0.1, -0.05) is 26.0 Å². The summed E-state index contributed by atoms with van der Waals surface area (Å²) < 4.78 is 14.9. The van der Waals surface area contributed by atoms with Gasteiger partial charge in [0.1, 0.15) is 5.82 Å². The molecule has 4 nitrogen and oxygen atoms in total. The molecule has 0 fully saturated rings. The minimum absolute atomic E-state index is 0.0907. The molecule has 1 aromatic heterocycles. The first kappa shape index (κ1) is 19.2. The quantitative estimate of drug-likeness (QED) is 0.814. The van der Waals surface area contributed by atoms with E-state index < -0.39 is 0 Å². The first-order chi connectivity index (χ1) is 11.6. The Balaban J connectivity index is 2.12. The summed E-state index contributed by atoms with van der Waals surface area (Å²) in [4.78, 5) is 14.4. The van der Waals surface area contributed by atoms with E-state index >= 15 is 0 Å². The summed E-state index contributed by atoms with van der Waals surface area (Å²) in [6.07, 6.45) is 0.680. The van der Waals surface area contributed by atoms with Gasteiger partial charge >= 0.3 is 0 Å². The third-order valence-corrected chi connectivity index (χ3v) is 4.18. The van der Waals surface area contributed by atoms with Crippen LogP contribution in [0, 0.1) is 5.82 Å². The highest BCUT2D eigenvalue weighted by molar-refractivity contribution is 5.92. The number of rotatable bonds is 5. The molecule has 0 bridgehead atoms. The second-order valence-electron chi connectivity index (χ2n) is 7.79. The SMILES string of the molecule is CC(C)c1cc(C(=O)N(C)CCc2ccc(F)cc2)nn1C(C)(C)C. The molecule has 0 spiro atoms. The average Bonchev–Trinajstić information content (AvgIpc) is 2.99. The molecule has 25 heavy (non-hydrogen) atoms. The average molecular weight is 345 g/mol. The number of aromatic nitrogens is 2. The summed E-state index contributed by atoms with van der Waals surface area (Å²) in [6, 6.07) is 8.28. The molecule has 0 aliphatic heterocycles. The standard InChI is InChI=1S/C20H28FN3O/c1-14(2)18-13-17(22-24(18)20(3,4)5)19(25)23(6)12-11-15-7-9-16(21)10-8-15/h7-10,13-14H,11-12H2,1-6H3. The van der Waals surface area contributed by atoms with Gasteiger partial charge in [-0.3, -0.25) is 9.48 Å². The van der Waals surface area contributed by atoms with Crippen LogP contribution in [-0.4, -0.2) is 34.2 Å². The number of benzene rings is 1. The summed E-state index contributed by atoms with van der Waals surface area (Å²) in [5.74, 6) is -0.0491. The van der Waals surface area contributed by atoms with Gasteiger partial charge in [0.15, 0.2) is 5.69 Å². The van der Waals surface area contributed by atoms with Gasteiger partial charge in [0, 0.05) is 19.3 Å². The van der Waals surface area contributed by atoms with Crippen LogP contribution in [0.1, 0.15) is 62.3 Å². The molecule has 0 aliphatic carbocycles. The summed E-state index contributed by atoms with van der Waals surface area (Å²) in [5.41, 5.74) is 2.36. The maximum atomic E-state index is 13.0. The summed E-state index contributed by atoms with van der Waals surface area (Å²) in [5, 5.41) is 4.57. The highest BCUT2D eigenvalue weighted by atomic mass is 19.1. The van der Waals surface area contributed by atoms with E-state index in [9.17, 15) is 9.18 Å². The maximum absolute atomic E-state index is 13.0. The number of carbonyl (C=O) groups excluding carboxylic acids is 1. The Morgan fingerprint density at radius 1 is 1.24 bits per heavy atom. The van der Waals surface area contributed by atoms with E-state index in [0.717, 1.165) is 11.3 Å². The minimum atomic E-state index is -0.248.